The summed E-state index contributed by atoms with van der Waals surface area (Å²) in [6.07, 6.45) is 2.91. The highest BCUT2D eigenvalue weighted by Gasteiger charge is 2.45. The number of anilines is 2. The van der Waals surface area contributed by atoms with E-state index in [9.17, 15) is 14.4 Å². The standard InChI is InChI=1S/C21H24N4O3/c1-13(22)10-21(20(23)28)18-6-4-16(24-11-26)8-14(18)2-3-15-9-17(25-12-27)5-7-19(15)21/h4-9,11-13H,2-3,10,22H2,1H3,(H2,23,28)(H,24,26)(H,25,27)/t13-/m1/s1. The van der Waals surface area contributed by atoms with E-state index in [-0.39, 0.29) is 6.04 Å². The Labute approximate surface area is 163 Å². The minimum atomic E-state index is -1.09. The van der Waals surface area contributed by atoms with Gasteiger partial charge in [0.2, 0.25) is 18.7 Å². The Hall–Kier alpha value is -3.19. The predicted octanol–water partition coefficient (Wildman–Crippen LogP) is 1.43. The number of nitrogens with two attached hydrogens (primary N) is 2. The summed E-state index contributed by atoms with van der Waals surface area (Å²) in [5.74, 6) is -0.471. The van der Waals surface area contributed by atoms with E-state index in [0.717, 1.165) is 22.3 Å². The zero-order valence-electron chi connectivity index (χ0n) is 15.7. The Morgan fingerprint density at radius 1 is 1.04 bits per heavy atom. The average Bonchev–Trinajstić information content (AvgIpc) is 2.77. The highest BCUT2D eigenvalue weighted by Crippen LogP contribution is 2.44. The highest BCUT2D eigenvalue weighted by molar-refractivity contribution is 5.93. The molecular weight excluding hydrogens is 356 g/mol. The van der Waals surface area contributed by atoms with E-state index in [1.54, 1.807) is 12.1 Å². The Balaban J connectivity index is 2.28. The highest BCUT2D eigenvalue weighted by atomic mass is 16.1. The maximum absolute atomic E-state index is 12.9. The number of amides is 3. The molecule has 0 aliphatic heterocycles. The van der Waals surface area contributed by atoms with Crippen molar-refractivity contribution in [1.82, 2.24) is 0 Å². The molecule has 0 aromatic heterocycles. The van der Waals surface area contributed by atoms with Crippen LogP contribution >= 0.6 is 0 Å². The molecule has 0 unspecified atom stereocenters. The van der Waals surface area contributed by atoms with Crippen LogP contribution in [0, 0.1) is 0 Å². The summed E-state index contributed by atoms with van der Waals surface area (Å²) in [4.78, 5) is 34.6. The van der Waals surface area contributed by atoms with Crippen molar-refractivity contribution in [2.24, 2.45) is 11.5 Å². The molecule has 0 saturated heterocycles. The molecule has 146 valence electrons. The summed E-state index contributed by atoms with van der Waals surface area (Å²) < 4.78 is 0. The van der Waals surface area contributed by atoms with Crippen molar-refractivity contribution in [2.45, 2.75) is 37.6 Å². The van der Waals surface area contributed by atoms with Crippen LogP contribution in [0.1, 0.15) is 35.6 Å². The number of rotatable bonds is 7. The molecule has 3 amide bonds. The summed E-state index contributed by atoms with van der Waals surface area (Å²) in [6, 6.07) is 10.7. The van der Waals surface area contributed by atoms with Gasteiger partial charge in [-0.15, -0.1) is 0 Å². The van der Waals surface area contributed by atoms with Crippen molar-refractivity contribution < 1.29 is 14.4 Å². The maximum atomic E-state index is 12.9. The largest absolute Gasteiger partial charge is 0.369 e. The van der Waals surface area contributed by atoms with Crippen LogP contribution < -0.4 is 22.1 Å². The molecule has 6 N–H and O–H groups in total. The normalized spacial score (nSPS) is 15.4. The summed E-state index contributed by atoms with van der Waals surface area (Å²) in [5.41, 5.74) is 15.9. The Morgan fingerprint density at radius 2 is 1.50 bits per heavy atom. The molecule has 7 nitrogen and oxygen atoms in total. The number of fused-ring (bicyclic) bond motifs is 2. The lowest BCUT2D eigenvalue weighted by Gasteiger charge is -2.35. The molecule has 28 heavy (non-hydrogen) atoms. The fourth-order valence-electron chi connectivity index (χ4n) is 4.23. The molecule has 2 aromatic carbocycles. The monoisotopic (exact) mass is 380 g/mol. The zero-order chi connectivity index (χ0) is 20.3. The minimum absolute atomic E-state index is 0.271. The van der Waals surface area contributed by atoms with Crippen molar-refractivity contribution in [3.05, 3.63) is 58.7 Å². The van der Waals surface area contributed by atoms with Gasteiger partial charge in [0.15, 0.2) is 0 Å². The molecule has 7 heteroatoms. The van der Waals surface area contributed by atoms with Gasteiger partial charge in [-0.1, -0.05) is 12.1 Å². The van der Waals surface area contributed by atoms with E-state index < -0.39 is 11.3 Å². The lowest BCUT2D eigenvalue weighted by Crippen LogP contribution is -2.46. The van der Waals surface area contributed by atoms with Crippen molar-refractivity contribution in [3.8, 4) is 0 Å². The van der Waals surface area contributed by atoms with E-state index >= 15 is 0 Å². The van der Waals surface area contributed by atoms with Crippen LogP contribution in [0.25, 0.3) is 0 Å². The van der Waals surface area contributed by atoms with Crippen LogP contribution in [0.4, 0.5) is 11.4 Å². The van der Waals surface area contributed by atoms with Gasteiger partial charge in [0.1, 0.15) is 5.41 Å². The first-order valence-corrected chi connectivity index (χ1v) is 9.15. The van der Waals surface area contributed by atoms with Crippen LogP contribution in [0.2, 0.25) is 0 Å². The van der Waals surface area contributed by atoms with Gasteiger partial charge in [-0.05, 0) is 72.7 Å². The van der Waals surface area contributed by atoms with Gasteiger partial charge < -0.3 is 22.1 Å². The number of benzene rings is 2. The number of carbonyl (C=O) groups is 3. The smallest absolute Gasteiger partial charge is 0.232 e. The van der Waals surface area contributed by atoms with Crippen LogP contribution in [0.3, 0.4) is 0 Å². The molecule has 1 aliphatic rings. The summed E-state index contributed by atoms with van der Waals surface area (Å²) in [5, 5.41) is 5.30. The first-order valence-electron chi connectivity index (χ1n) is 9.15. The van der Waals surface area contributed by atoms with Crippen LogP contribution in [-0.2, 0) is 32.6 Å². The third-order valence-corrected chi connectivity index (χ3v) is 5.29. The van der Waals surface area contributed by atoms with Crippen LogP contribution in [-0.4, -0.2) is 24.8 Å². The predicted molar refractivity (Wildman–Crippen MR) is 108 cm³/mol. The SMILES string of the molecule is C[C@@H](N)CC1(C(N)=O)c2ccc(NC=O)cc2CCc2cc(NC=O)ccc21. The molecule has 0 heterocycles. The lowest BCUT2D eigenvalue weighted by molar-refractivity contribution is -0.122. The fourth-order valence-corrected chi connectivity index (χ4v) is 4.23. The van der Waals surface area contributed by atoms with Crippen LogP contribution in [0.5, 0.6) is 0 Å². The van der Waals surface area contributed by atoms with E-state index in [1.807, 2.05) is 31.2 Å². The van der Waals surface area contributed by atoms with Gasteiger partial charge in [0.05, 0.1) is 0 Å². The second-order valence-electron chi connectivity index (χ2n) is 7.22. The van der Waals surface area contributed by atoms with Gasteiger partial charge in [-0.25, -0.2) is 0 Å². The maximum Gasteiger partial charge on any atom is 0.232 e. The van der Waals surface area contributed by atoms with Crippen molar-refractivity contribution in [3.63, 3.8) is 0 Å². The molecule has 2 aromatic rings. The van der Waals surface area contributed by atoms with E-state index in [4.69, 9.17) is 11.5 Å². The van der Waals surface area contributed by atoms with Crippen molar-refractivity contribution >= 4 is 30.1 Å². The number of hydrogen-bond acceptors (Lipinski definition) is 4. The van der Waals surface area contributed by atoms with Gasteiger partial charge in [-0.3, -0.25) is 14.4 Å². The second-order valence-corrected chi connectivity index (χ2v) is 7.22. The molecule has 1 atom stereocenters. The summed E-state index contributed by atoms with van der Waals surface area (Å²) in [7, 11) is 0. The van der Waals surface area contributed by atoms with Gasteiger partial charge in [-0.2, -0.15) is 0 Å². The lowest BCUT2D eigenvalue weighted by atomic mass is 9.68. The molecule has 0 bridgehead atoms. The zero-order valence-corrected chi connectivity index (χ0v) is 15.7. The third-order valence-electron chi connectivity index (χ3n) is 5.29. The third kappa shape index (κ3) is 3.36. The quantitative estimate of drug-likeness (QED) is 0.542. The molecule has 3 rings (SSSR count). The van der Waals surface area contributed by atoms with E-state index in [2.05, 4.69) is 10.6 Å². The van der Waals surface area contributed by atoms with Crippen molar-refractivity contribution in [2.75, 3.05) is 10.6 Å². The molecular formula is C21H24N4O3. The number of primary amides is 1. The topological polar surface area (TPSA) is 127 Å². The minimum Gasteiger partial charge on any atom is -0.369 e. The molecule has 0 saturated carbocycles. The van der Waals surface area contributed by atoms with Crippen molar-refractivity contribution in [1.29, 1.82) is 0 Å². The number of carbonyl (C=O) groups excluding carboxylic acids is 3. The molecule has 0 fully saturated rings. The molecule has 1 aliphatic carbocycles. The first-order chi connectivity index (χ1) is 13.4. The fraction of sp³-hybridized carbons (Fsp3) is 0.286. The Morgan fingerprint density at radius 3 is 1.86 bits per heavy atom. The average molecular weight is 380 g/mol. The summed E-state index contributed by atoms with van der Waals surface area (Å²) >= 11 is 0. The second kappa shape index (κ2) is 7.82. The number of nitrogens with one attached hydrogen (secondary N) is 2. The Bertz CT molecular complexity index is 862. The number of hydrogen-bond donors (Lipinski definition) is 4. The van der Waals surface area contributed by atoms with E-state index in [0.29, 0.717) is 43.5 Å². The van der Waals surface area contributed by atoms with Gasteiger partial charge >= 0.3 is 0 Å². The van der Waals surface area contributed by atoms with E-state index in [1.165, 1.54) is 0 Å². The molecule has 0 spiro atoms. The van der Waals surface area contributed by atoms with Gasteiger partial charge in [0.25, 0.3) is 0 Å². The molecule has 0 radical (unpaired) electrons. The first kappa shape index (κ1) is 19.6. The Kier molecular flexibility index (Phi) is 5.46. The summed E-state index contributed by atoms with van der Waals surface area (Å²) in [6.45, 7) is 1.85. The number of aryl methyl sites for hydroxylation is 2. The van der Waals surface area contributed by atoms with Gasteiger partial charge in [0, 0.05) is 17.4 Å². The van der Waals surface area contributed by atoms with Crippen LogP contribution in [0.15, 0.2) is 36.4 Å².